The average Bonchev–Trinajstić information content (AvgIpc) is 3.04. The lowest BCUT2D eigenvalue weighted by Gasteiger charge is -2.14. The fraction of sp³-hybridized carbons (Fsp3) is 0.400. The Morgan fingerprint density at radius 1 is 1.55 bits per heavy atom. The molecule has 0 bridgehead atoms. The summed E-state index contributed by atoms with van der Waals surface area (Å²) in [6.45, 7) is 3.02. The topological polar surface area (TPSA) is 53.7 Å². The van der Waals surface area contributed by atoms with Gasteiger partial charge in [-0.15, -0.1) is 0 Å². The first-order chi connectivity index (χ1) is 9.60. The molecular weight excluding hydrogens is 261 g/mol. The normalized spacial score (nSPS) is 18.9. The third kappa shape index (κ3) is 2.08. The smallest absolute Gasteiger partial charge is 0.289 e. The van der Waals surface area contributed by atoms with Gasteiger partial charge in [0.2, 0.25) is 0 Å². The quantitative estimate of drug-likeness (QED) is 0.916. The Bertz CT molecular complexity index is 664. The first-order valence-corrected chi connectivity index (χ1v) is 6.69. The van der Waals surface area contributed by atoms with Crippen molar-refractivity contribution >= 4 is 16.9 Å². The summed E-state index contributed by atoms with van der Waals surface area (Å²) in [5.41, 5.74) is 1.18. The minimum atomic E-state index is -0.345. The van der Waals surface area contributed by atoms with Gasteiger partial charge in [0.15, 0.2) is 5.76 Å². The van der Waals surface area contributed by atoms with Crippen LogP contribution >= 0.6 is 0 Å². The maximum atomic E-state index is 13.3. The number of amides is 1. The van der Waals surface area contributed by atoms with Crippen molar-refractivity contribution in [1.29, 1.82) is 0 Å². The molecular formula is C15H16FNO3. The van der Waals surface area contributed by atoms with Crippen LogP contribution in [-0.4, -0.2) is 35.6 Å². The number of rotatable bonds is 2. The van der Waals surface area contributed by atoms with Crippen LogP contribution in [0.4, 0.5) is 4.39 Å². The standard InChI is InChI=1S/C15H16FNO3/c1-9-12-6-11(16)2-3-13(12)20-14(9)15(19)17-5-4-10(7-17)8-18/h2-3,6,10,18H,4-5,7-8H2,1H3. The van der Waals surface area contributed by atoms with Gasteiger partial charge in [-0.1, -0.05) is 0 Å². The van der Waals surface area contributed by atoms with Crippen molar-refractivity contribution in [3.05, 3.63) is 35.3 Å². The lowest BCUT2D eigenvalue weighted by molar-refractivity contribution is 0.0751. The zero-order valence-electron chi connectivity index (χ0n) is 11.2. The predicted octanol–water partition coefficient (Wildman–Crippen LogP) is 2.33. The van der Waals surface area contributed by atoms with Crippen LogP contribution in [0.25, 0.3) is 11.0 Å². The van der Waals surface area contributed by atoms with E-state index >= 15 is 0 Å². The second-order valence-electron chi connectivity index (χ2n) is 5.29. The van der Waals surface area contributed by atoms with E-state index in [4.69, 9.17) is 9.52 Å². The number of furan rings is 1. The molecule has 1 saturated heterocycles. The van der Waals surface area contributed by atoms with E-state index < -0.39 is 0 Å². The minimum Gasteiger partial charge on any atom is -0.451 e. The minimum absolute atomic E-state index is 0.0914. The Morgan fingerprint density at radius 3 is 3.05 bits per heavy atom. The summed E-state index contributed by atoms with van der Waals surface area (Å²) < 4.78 is 18.8. The second-order valence-corrected chi connectivity index (χ2v) is 5.29. The number of aliphatic hydroxyl groups is 1. The number of aryl methyl sites for hydroxylation is 1. The monoisotopic (exact) mass is 277 g/mol. The summed E-state index contributed by atoms with van der Waals surface area (Å²) in [6, 6.07) is 4.23. The van der Waals surface area contributed by atoms with Gasteiger partial charge in [-0.05, 0) is 31.5 Å². The van der Waals surface area contributed by atoms with Gasteiger partial charge in [-0.25, -0.2) is 4.39 Å². The highest BCUT2D eigenvalue weighted by Gasteiger charge is 2.29. The van der Waals surface area contributed by atoms with Crippen molar-refractivity contribution < 1.29 is 18.7 Å². The van der Waals surface area contributed by atoms with Crippen molar-refractivity contribution in [2.75, 3.05) is 19.7 Å². The second kappa shape index (κ2) is 4.90. The van der Waals surface area contributed by atoms with Crippen molar-refractivity contribution in [1.82, 2.24) is 4.90 Å². The van der Waals surface area contributed by atoms with E-state index in [2.05, 4.69) is 0 Å². The SMILES string of the molecule is Cc1c(C(=O)N2CCC(CO)C2)oc2ccc(F)cc12. The third-order valence-corrected chi connectivity index (χ3v) is 3.92. The molecule has 106 valence electrons. The lowest BCUT2D eigenvalue weighted by atomic mass is 10.1. The molecule has 4 nitrogen and oxygen atoms in total. The largest absolute Gasteiger partial charge is 0.451 e. The summed E-state index contributed by atoms with van der Waals surface area (Å²) in [5, 5.41) is 9.76. The highest BCUT2D eigenvalue weighted by Crippen LogP contribution is 2.28. The van der Waals surface area contributed by atoms with Crippen LogP contribution in [0.5, 0.6) is 0 Å². The highest BCUT2D eigenvalue weighted by atomic mass is 19.1. The predicted molar refractivity (Wildman–Crippen MR) is 72.0 cm³/mol. The van der Waals surface area contributed by atoms with Crippen LogP contribution in [0.1, 0.15) is 22.5 Å². The molecule has 1 aromatic carbocycles. The number of likely N-dealkylation sites (tertiary alicyclic amines) is 1. The zero-order chi connectivity index (χ0) is 14.3. The summed E-state index contributed by atoms with van der Waals surface area (Å²) in [7, 11) is 0. The molecule has 0 aliphatic carbocycles. The molecule has 1 atom stereocenters. The van der Waals surface area contributed by atoms with Crippen LogP contribution < -0.4 is 0 Å². The number of carbonyl (C=O) groups is 1. The first-order valence-electron chi connectivity index (χ1n) is 6.69. The van der Waals surface area contributed by atoms with E-state index in [1.165, 1.54) is 18.2 Å². The maximum absolute atomic E-state index is 13.3. The van der Waals surface area contributed by atoms with Gasteiger partial charge in [0.05, 0.1) is 0 Å². The van der Waals surface area contributed by atoms with E-state index in [0.717, 1.165) is 6.42 Å². The van der Waals surface area contributed by atoms with Crippen molar-refractivity contribution in [2.45, 2.75) is 13.3 Å². The molecule has 1 aliphatic rings. The van der Waals surface area contributed by atoms with Crippen molar-refractivity contribution in [3.8, 4) is 0 Å². The number of carbonyl (C=O) groups excluding carboxylic acids is 1. The highest BCUT2D eigenvalue weighted by molar-refractivity contribution is 5.99. The van der Waals surface area contributed by atoms with Crippen LogP contribution in [0.15, 0.2) is 22.6 Å². The number of fused-ring (bicyclic) bond motifs is 1. The summed E-state index contributed by atoms with van der Waals surface area (Å²) in [6.07, 6.45) is 0.802. The number of hydrogen-bond acceptors (Lipinski definition) is 3. The van der Waals surface area contributed by atoms with Gasteiger partial charge >= 0.3 is 0 Å². The van der Waals surface area contributed by atoms with Gasteiger partial charge in [-0.2, -0.15) is 0 Å². The van der Waals surface area contributed by atoms with E-state index in [1.807, 2.05) is 0 Å². The summed E-state index contributed by atoms with van der Waals surface area (Å²) in [4.78, 5) is 14.1. The Labute approximate surface area is 115 Å². The van der Waals surface area contributed by atoms with Crippen molar-refractivity contribution in [3.63, 3.8) is 0 Å². The van der Waals surface area contributed by atoms with E-state index in [0.29, 0.717) is 29.6 Å². The Balaban J connectivity index is 1.94. The Morgan fingerprint density at radius 2 is 2.35 bits per heavy atom. The number of hydrogen-bond donors (Lipinski definition) is 1. The first kappa shape index (κ1) is 13.1. The summed E-state index contributed by atoms with van der Waals surface area (Å²) in [5.74, 6) is -0.123. The molecule has 2 aromatic rings. The molecule has 1 aromatic heterocycles. The molecule has 0 radical (unpaired) electrons. The number of aliphatic hydroxyl groups excluding tert-OH is 1. The third-order valence-electron chi connectivity index (χ3n) is 3.92. The molecule has 1 N–H and O–H groups in total. The van der Waals surface area contributed by atoms with E-state index in [9.17, 15) is 9.18 Å². The number of benzene rings is 1. The van der Waals surface area contributed by atoms with Crippen LogP contribution in [-0.2, 0) is 0 Å². The molecule has 0 spiro atoms. The van der Waals surface area contributed by atoms with Crippen LogP contribution in [0, 0.1) is 18.7 Å². The van der Waals surface area contributed by atoms with Gasteiger partial charge in [0, 0.05) is 36.6 Å². The molecule has 20 heavy (non-hydrogen) atoms. The molecule has 1 amide bonds. The Hall–Kier alpha value is -1.88. The Kier molecular flexibility index (Phi) is 3.22. The maximum Gasteiger partial charge on any atom is 0.289 e. The molecule has 1 fully saturated rings. The molecule has 0 saturated carbocycles. The van der Waals surface area contributed by atoms with Crippen molar-refractivity contribution in [2.24, 2.45) is 5.92 Å². The number of nitrogens with zero attached hydrogens (tertiary/aromatic N) is 1. The lowest BCUT2D eigenvalue weighted by Crippen LogP contribution is -2.29. The van der Waals surface area contributed by atoms with Gasteiger partial charge in [0.25, 0.3) is 5.91 Å². The molecule has 5 heteroatoms. The summed E-state index contributed by atoms with van der Waals surface area (Å²) >= 11 is 0. The average molecular weight is 277 g/mol. The molecule has 3 rings (SSSR count). The van der Waals surface area contributed by atoms with Crippen LogP contribution in [0.2, 0.25) is 0 Å². The fourth-order valence-corrected chi connectivity index (χ4v) is 2.71. The van der Waals surface area contributed by atoms with Gasteiger partial charge < -0.3 is 14.4 Å². The van der Waals surface area contributed by atoms with E-state index in [-0.39, 0.29) is 30.0 Å². The number of halogens is 1. The zero-order valence-corrected chi connectivity index (χ0v) is 11.2. The molecule has 1 aliphatic heterocycles. The van der Waals surface area contributed by atoms with Gasteiger partial charge in [0.1, 0.15) is 11.4 Å². The van der Waals surface area contributed by atoms with Crippen LogP contribution in [0.3, 0.4) is 0 Å². The van der Waals surface area contributed by atoms with E-state index in [1.54, 1.807) is 11.8 Å². The molecule has 2 heterocycles. The van der Waals surface area contributed by atoms with Gasteiger partial charge in [-0.3, -0.25) is 4.79 Å². The molecule has 1 unspecified atom stereocenters. The fourth-order valence-electron chi connectivity index (χ4n) is 2.71.